The first-order valence-corrected chi connectivity index (χ1v) is 23.2. The summed E-state index contributed by atoms with van der Waals surface area (Å²) in [4.78, 5) is 13.2. The number of benzene rings is 1. The molecule has 0 radical (unpaired) electrons. The number of carbonyl (C=O) groups excluding carboxylic acids is 1. The Morgan fingerprint density at radius 3 is 1.39 bits per heavy atom. The van der Waals surface area contributed by atoms with Crippen molar-refractivity contribution in [2.75, 3.05) is 33.5 Å². The monoisotopic (exact) mass is 894 g/mol. The van der Waals surface area contributed by atoms with Crippen molar-refractivity contribution in [1.29, 1.82) is 0 Å². The number of nitrogens with two attached hydrogens (primary N) is 4. The average Bonchev–Trinajstić information content (AvgIpc) is 3.23. The highest BCUT2D eigenvalue weighted by Gasteiger charge is 2.56. The fourth-order valence-electron chi connectivity index (χ4n) is 7.46. The standard InChI is InChI=1S/C38H66N4O18Si/c1-38(2,3)61(5,6)60-30-19(14-45)55-36(23(41)27(30)49)58-28-17(12-43)53-35(21(39)25(28)47)57-29-18(13-44)54-37(22(40)26(29)48)59-31-20(15-46)52-34(51-4)24(42)32(31)56-33(50)16-10-8-7-9-11-16/h7-11,17-32,34-37,43-49H,12-15,39-42H2,1-6H3/t17?,18?,19?,20?,21-,22+,23+,24-,25?,26-,27-,28+,29?,30?,31+,32?,34+,35-,36?,37?/m1/s1. The third kappa shape index (κ3) is 10.8. The topological polar surface area (TPSA) is 355 Å². The van der Waals surface area contributed by atoms with Crippen molar-refractivity contribution in [3.63, 3.8) is 0 Å². The lowest BCUT2D eigenvalue weighted by atomic mass is 9.94. The van der Waals surface area contributed by atoms with Gasteiger partial charge in [-0.2, -0.15) is 0 Å². The van der Waals surface area contributed by atoms with E-state index in [2.05, 4.69) is 0 Å². The summed E-state index contributed by atoms with van der Waals surface area (Å²) in [6.45, 7) is 7.25. The average molecular weight is 895 g/mol. The van der Waals surface area contributed by atoms with Crippen LogP contribution in [-0.4, -0.2) is 206 Å². The number of carbonyl (C=O) groups is 1. The van der Waals surface area contributed by atoms with E-state index in [1.54, 1.807) is 18.2 Å². The summed E-state index contributed by atoms with van der Waals surface area (Å²) in [7, 11) is -1.16. The Bertz CT molecular complexity index is 1530. The molecule has 4 aliphatic rings. The normalized spacial score (nSPS) is 42.6. The van der Waals surface area contributed by atoms with Gasteiger partial charge in [0.05, 0.1) is 56.2 Å². The van der Waals surface area contributed by atoms with Crippen LogP contribution >= 0.6 is 0 Å². The third-order valence-electron chi connectivity index (χ3n) is 12.2. The van der Waals surface area contributed by atoms with E-state index >= 15 is 0 Å². The molecule has 4 saturated heterocycles. The van der Waals surface area contributed by atoms with Crippen LogP contribution in [0.4, 0.5) is 0 Å². The first kappa shape index (κ1) is 50.1. The predicted molar refractivity (Wildman–Crippen MR) is 212 cm³/mol. The largest absolute Gasteiger partial charge is 0.454 e. The lowest BCUT2D eigenvalue weighted by Gasteiger charge is -2.50. The van der Waals surface area contributed by atoms with Crippen molar-refractivity contribution < 1.29 is 87.6 Å². The number of hydrogen-bond acceptors (Lipinski definition) is 22. The zero-order valence-electron chi connectivity index (χ0n) is 35.2. The fraction of sp³-hybridized carbons (Fsp3) is 0.816. The molecule has 0 spiro atoms. The number of rotatable bonds is 15. The molecule has 1 aromatic carbocycles. The molecule has 0 aliphatic carbocycles. The molecule has 61 heavy (non-hydrogen) atoms. The second kappa shape index (κ2) is 20.9. The lowest BCUT2D eigenvalue weighted by molar-refractivity contribution is -0.358. The Kier molecular flexibility index (Phi) is 17.2. The van der Waals surface area contributed by atoms with E-state index < -0.39 is 163 Å². The van der Waals surface area contributed by atoms with Gasteiger partial charge in [0, 0.05) is 7.11 Å². The minimum Gasteiger partial charge on any atom is -0.454 e. The molecule has 15 N–H and O–H groups in total. The highest BCUT2D eigenvalue weighted by atomic mass is 28.4. The van der Waals surface area contributed by atoms with Gasteiger partial charge in [0.15, 0.2) is 39.6 Å². The molecule has 0 bridgehead atoms. The van der Waals surface area contributed by atoms with Crippen molar-refractivity contribution in [2.24, 2.45) is 22.9 Å². The van der Waals surface area contributed by atoms with Gasteiger partial charge < -0.3 is 106 Å². The van der Waals surface area contributed by atoms with E-state index in [9.17, 15) is 40.5 Å². The minimum absolute atomic E-state index is 0.200. The van der Waals surface area contributed by atoms with Crippen LogP contribution < -0.4 is 22.9 Å². The summed E-state index contributed by atoms with van der Waals surface area (Å²) >= 11 is 0. The van der Waals surface area contributed by atoms with Gasteiger partial charge in [0.25, 0.3) is 0 Å². The molecule has 0 amide bonds. The Hall–Kier alpha value is -1.89. The Balaban J connectivity index is 1.27. The maximum atomic E-state index is 13.2. The molecule has 4 aliphatic heterocycles. The van der Waals surface area contributed by atoms with Crippen LogP contribution in [0.25, 0.3) is 0 Å². The maximum Gasteiger partial charge on any atom is 0.338 e. The van der Waals surface area contributed by atoms with Gasteiger partial charge in [0.1, 0.15) is 67.1 Å². The summed E-state index contributed by atoms with van der Waals surface area (Å²) in [6.07, 6.45) is -21.9. The van der Waals surface area contributed by atoms with Gasteiger partial charge in [-0.1, -0.05) is 39.0 Å². The molecule has 23 heteroatoms. The van der Waals surface area contributed by atoms with E-state index in [4.69, 9.17) is 70.0 Å². The highest BCUT2D eigenvalue weighted by Crippen LogP contribution is 2.40. The smallest absolute Gasteiger partial charge is 0.338 e. The van der Waals surface area contributed by atoms with Gasteiger partial charge in [-0.15, -0.1) is 0 Å². The number of hydrogen-bond donors (Lipinski definition) is 11. The molecule has 1 aromatic rings. The van der Waals surface area contributed by atoms with Gasteiger partial charge in [-0.05, 0) is 30.3 Å². The summed E-state index contributed by atoms with van der Waals surface area (Å²) in [6, 6.07) is 2.80. The molecule has 20 atom stereocenters. The first-order chi connectivity index (χ1) is 28.7. The van der Waals surface area contributed by atoms with Crippen LogP contribution in [0, 0.1) is 0 Å². The van der Waals surface area contributed by atoms with E-state index in [-0.39, 0.29) is 10.6 Å². The van der Waals surface area contributed by atoms with E-state index in [1.165, 1.54) is 19.2 Å². The van der Waals surface area contributed by atoms with Crippen molar-refractivity contribution in [2.45, 2.75) is 161 Å². The second-order valence-electron chi connectivity index (χ2n) is 17.3. The Morgan fingerprint density at radius 1 is 0.607 bits per heavy atom. The quantitative estimate of drug-likeness (QED) is 0.0586. The van der Waals surface area contributed by atoms with E-state index in [0.717, 1.165) is 0 Å². The van der Waals surface area contributed by atoms with Gasteiger partial charge in [-0.25, -0.2) is 4.79 Å². The molecular formula is C38H66N4O18Si. The second-order valence-corrected chi connectivity index (χ2v) is 22.1. The van der Waals surface area contributed by atoms with E-state index in [1.807, 2.05) is 33.9 Å². The molecule has 350 valence electrons. The number of aliphatic hydroxyl groups excluding tert-OH is 7. The number of methoxy groups -OCH3 is 1. The molecule has 4 heterocycles. The molecule has 10 unspecified atom stereocenters. The van der Waals surface area contributed by atoms with Gasteiger partial charge in [0.2, 0.25) is 0 Å². The van der Waals surface area contributed by atoms with Crippen LogP contribution in [0.2, 0.25) is 18.1 Å². The molecule has 0 aromatic heterocycles. The molecular weight excluding hydrogens is 829 g/mol. The van der Waals surface area contributed by atoms with Crippen molar-refractivity contribution in [3.8, 4) is 0 Å². The summed E-state index contributed by atoms with van der Waals surface area (Å²) in [5, 5.41) is 75.3. The van der Waals surface area contributed by atoms with Crippen LogP contribution in [-0.2, 0) is 47.1 Å². The zero-order chi connectivity index (χ0) is 45.1. The van der Waals surface area contributed by atoms with Crippen LogP contribution in [0.3, 0.4) is 0 Å². The number of ether oxygens (including phenoxy) is 9. The minimum atomic E-state index is -2.48. The lowest BCUT2D eigenvalue weighted by Crippen LogP contribution is -2.70. The van der Waals surface area contributed by atoms with Gasteiger partial charge in [-0.3, -0.25) is 0 Å². The summed E-state index contributed by atoms with van der Waals surface area (Å²) < 4.78 is 59.4. The van der Waals surface area contributed by atoms with E-state index in [0.29, 0.717) is 0 Å². The predicted octanol–water partition coefficient (Wildman–Crippen LogP) is -4.33. The SMILES string of the molecule is CO[C@H]1OC(CO)[C@H](OC2OC(CO)C(O[C@H]3OC(CO)[C@H](OC4OC(CO)C(O[Si](C)(C)C(C)(C)C)[C@H](O)[C@@H]4N)C(O)[C@H]3N)[C@H](O)[C@@H]2N)C(OC(=O)c2ccccc2)[C@H]1N. The van der Waals surface area contributed by atoms with Crippen molar-refractivity contribution in [1.82, 2.24) is 0 Å². The van der Waals surface area contributed by atoms with Crippen LogP contribution in [0.1, 0.15) is 31.1 Å². The summed E-state index contributed by atoms with van der Waals surface area (Å²) in [5.74, 6) is -0.764. The molecule has 0 saturated carbocycles. The zero-order valence-corrected chi connectivity index (χ0v) is 36.2. The molecule has 4 fully saturated rings. The number of esters is 1. The van der Waals surface area contributed by atoms with Gasteiger partial charge >= 0.3 is 5.97 Å². The summed E-state index contributed by atoms with van der Waals surface area (Å²) in [5.41, 5.74) is 25.8. The van der Waals surface area contributed by atoms with Crippen LogP contribution in [0.15, 0.2) is 30.3 Å². The first-order valence-electron chi connectivity index (χ1n) is 20.3. The Morgan fingerprint density at radius 2 is 0.984 bits per heavy atom. The third-order valence-corrected chi connectivity index (χ3v) is 16.6. The molecule has 22 nitrogen and oxygen atoms in total. The Labute approximate surface area is 355 Å². The highest BCUT2D eigenvalue weighted by molar-refractivity contribution is 6.74. The fourth-order valence-corrected chi connectivity index (χ4v) is 8.78. The van der Waals surface area contributed by atoms with Crippen LogP contribution in [0.5, 0.6) is 0 Å². The maximum absolute atomic E-state index is 13.2. The van der Waals surface area contributed by atoms with Crippen molar-refractivity contribution in [3.05, 3.63) is 35.9 Å². The van der Waals surface area contributed by atoms with Crippen molar-refractivity contribution >= 4 is 14.3 Å². The number of aliphatic hydroxyl groups is 7. The molecule has 5 rings (SSSR count).